The quantitative estimate of drug-likeness (QED) is 0.468. The van der Waals surface area contributed by atoms with Gasteiger partial charge in [0.05, 0.1) is 24.1 Å². The van der Waals surface area contributed by atoms with Crippen molar-refractivity contribution in [3.05, 3.63) is 59.9 Å². The van der Waals surface area contributed by atoms with Crippen LogP contribution in [0.15, 0.2) is 53.4 Å². The molecule has 2 aromatic carbocycles. The molecular formula is C29H38FN3O5S. The van der Waals surface area contributed by atoms with Crippen LogP contribution in [0.5, 0.6) is 5.75 Å². The second-order valence-electron chi connectivity index (χ2n) is 11.0. The molecule has 1 unspecified atom stereocenters. The fourth-order valence-corrected chi connectivity index (χ4v) is 7.70. The van der Waals surface area contributed by atoms with Crippen LogP contribution in [0.2, 0.25) is 0 Å². The van der Waals surface area contributed by atoms with E-state index in [-0.39, 0.29) is 17.5 Å². The summed E-state index contributed by atoms with van der Waals surface area (Å²) in [5, 5.41) is 0. The highest BCUT2D eigenvalue weighted by Crippen LogP contribution is 2.39. The molecule has 2 heterocycles. The maximum Gasteiger partial charge on any atom is 0.410 e. The summed E-state index contributed by atoms with van der Waals surface area (Å²) in [6.45, 7) is 5.29. The topological polar surface area (TPSA) is 79.4 Å². The fourth-order valence-electron chi connectivity index (χ4n) is 5.86. The number of rotatable bonds is 8. The van der Waals surface area contributed by atoms with Gasteiger partial charge in [0, 0.05) is 32.2 Å². The van der Waals surface area contributed by atoms with Crippen molar-refractivity contribution in [3.63, 3.8) is 0 Å². The first-order chi connectivity index (χ1) is 18.8. The molecule has 0 spiro atoms. The van der Waals surface area contributed by atoms with E-state index in [1.807, 2.05) is 6.92 Å². The number of ether oxygens (including phenoxy) is 2. The van der Waals surface area contributed by atoms with Crippen LogP contribution in [0.25, 0.3) is 0 Å². The SMILES string of the molecule is COc1ccc(S(=O)(=O)N2[C@@H](COC(=O)N3CCN(CC4CC4)CC3C)CCC[C@H]2c2cccc(F)c2)cc1. The molecule has 1 amide bonds. The van der Waals surface area contributed by atoms with Crippen molar-refractivity contribution in [1.82, 2.24) is 14.1 Å². The van der Waals surface area contributed by atoms with E-state index in [2.05, 4.69) is 4.90 Å². The maximum absolute atomic E-state index is 14.2. The molecule has 39 heavy (non-hydrogen) atoms. The molecule has 1 aliphatic carbocycles. The maximum atomic E-state index is 14.2. The highest BCUT2D eigenvalue weighted by Gasteiger charge is 2.42. The molecule has 1 saturated carbocycles. The Kier molecular flexibility index (Phi) is 8.44. The predicted molar refractivity (Wildman–Crippen MR) is 145 cm³/mol. The van der Waals surface area contributed by atoms with Crippen LogP contribution in [-0.4, -0.2) is 80.6 Å². The number of hydrogen-bond acceptors (Lipinski definition) is 6. The third kappa shape index (κ3) is 6.39. The Balaban J connectivity index is 1.34. The highest BCUT2D eigenvalue weighted by atomic mass is 32.2. The van der Waals surface area contributed by atoms with E-state index in [0.717, 1.165) is 32.0 Å². The van der Waals surface area contributed by atoms with Gasteiger partial charge in [-0.3, -0.25) is 4.90 Å². The standard InChI is InChI=1S/C29H38FN3O5S/c1-21-18-31(19-22-9-10-22)15-16-32(21)29(34)38-20-25-7-4-8-28(23-5-3-6-24(30)17-23)33(25)39(35,36)27-13-11-26(37-2)12-14-27/h3,5-6,11-14,17,21-22,25,28H,4,7-10,15-16,18-20H2,1-2H3/t21?,25-,28+/m1/s1. The lowest BCUT2D eigenvalue weighted by Gasteiger charge is -2.42. The number of methoxy groups -OCH3 is 1. The second kappa shape index (κ2) is 11.8. The number of halogens is 1. The second-order valence-corrected chi connectivity index (χ2v) is 12.8. The lowest BCUT2D eigenvalue weighted by molar-refractivity contribution is 0.0318. The van der Waals surface area contributed by atoms with Crippen LogP contribution in [-0.2, 0) is 14.8 Å². The molecule has 0 radical (unpaired) electrons. The normalized spacial score (nSPS) is 24.9. The summed E-state index contributed by atoms with van der Waals surface area (Å²) in [7, 11) is -2.48. The van der Waals surface area contributed by atoms with Gasteiger partial charge >= 0.3 is 6.09 Å². The van der Waals surface area contributed by atoms with Crippen LogP contribution < -0.4 is 4.74 Å². The summed E-state index contributed by atoms with van der Waals surface area (Å²) in [6, 6.07) is 11.2. The number of hydrogen-bond donors (Lipinski definition) is 0. The van der Waals surface area contributed by atoms with Gasteiger partial charge in [0.15, 0.2) is 0 Å². The molecule has 5 rings (SSSR count). The summed E-state index contributed by atoms with van der Waals surface area (Å²) in [4.78, 5) is 17.4. The monoisotopic (exact) mass is 559 g/mol. The number of carbonyl (C=O) groups is 1. The Morgan fingerprint density at radius 1 is 1.05 bits per heavy atom. The van der Waals surface area contributed by atoms with Gasteiger partial charge in [0.2, 0.25) is 10.0 Å². The lowest BCUT2D eigenvalue weighted by Crippen LogP contribution is -2.55. The van der Waals surface area contributed by atoms with Crippen molar-refractivity contribution in [1.29, 1.82) is 0 Å². The molecular weight excluding hydrogens is 521 g/mol. The van der Waals surface area contributed by atoms with Crippen LogP contribution in [0.1, 0.15) is 50.6 Å². The Labute approximate surface area is 230 Å². The van der Waals surface area contributed by atoms with Gasteiger partial charge in [-0.05, 0) is 86.9 Å². The number of amides is 1. The zero-order chi connectivity index (χ0) is 27.6. The number of benzene rings is 2. The summed E-state index contributed by atoms with van der Waals surface area (Å²) in [6.07, 6.45) is 3.99. The average molecular weight is 560 g/mol. The van der Waals surface area contributed by atoms with E-state index in [9.17, 15) is 17.6 Å². The van der Waals surface area contributed by atoms with Crippen molar-refractivity contribution >= 4 is 16.1 Å². The Morgan fingerprint density at radius 2 is 1.82 bits per heavy atom. The summed E-state index contributed by atoms with van der Waals surface area (Å²) in [5.41, 5.74) is 0.587. The molecule has 2 aliphatic heterocycles. The van der Waals surface area contributed by atoms with E-state index in [0.29, 0.717) is 30.7 Å². The largest absolute Gasteiger partial charge is 0.497 e. The van der Waals surface area contributed by atoms with Crippen LogP contribution >= 0.6 is 0 Å². The number of carbonyl (C=O) groups excluding carboxylic acids is 1. The zero-order valence-electron chi connectivity index (χ0n) is 22.7. The first-order valence-corrected chi connectivity index (χ1v) is 15.3. The van der Waals surface area contributed by atoms with Gasteiger partial charge < -0.3 is 14.4 Å². The average Bonchev–Trinajstić information content (AvgIpc) is 3.75. The molecule has 3 atom stereocenters. The van der Waals surface area contributed by atoms with Gasteiger partial charge in [0.1, 0.15) is 18.2 Å². The first kappa shape index (κ1) is 27.9. The van der Waals surface area contributed by atoms with Crippen LogP contribution in [0, 0.1) is 11.7 Å². The van der Waals surface area contributed by atoms with Gasteiger partial charge in [-0.2, -0.15) is 4.31 Å². The minimum absolute atomic E-state index is 0.0236. The van der Waals surface area contributed by atoms with Crippen LogP contribution in [0.4, 0.5) is 9.18 Å². The van der Waals surface area contributed by atoms with E-state index in [1.54, 1.807) is 29.2 Å². The highest BCUT2D eigenvalue weighted by molar-refractivity contribution is 7.89. The van der Waals surface area contributed by atoms with E-state index < -0.39 is 34.0 Å². The summed E-state index contributed by atoms with van der Waals surface area (Å²) in [5.74, 6) is 0.926. The van der Waals surface area contributed by atoms with Crippen molar-refractivity contribution in [2.75, 3.05) is 39.9 Å². The smallest absolute Gasteiger partial charge is 0.410 e. The molecule has 10 heteroatoms. The third-order valence-electron chi connectivity index (χ3n) is 8.11. The number of sulfonamides is 1. The third-order valence-corrected chi connectivity index (χ3v) is 10.1. The van der Waals surface area contributed by atoms with Crippen molar-refractivity contribution < 1.29 is 27.1 Å². The van der Waals surface area contributed by atoms with Gasteiger partial charge in [-0.15, -0.1) is 0 Å². The van der Waals surface area contributed by atoms with E-state index in [1.165, 1.54) is 48.5 Å². The zero-order valence-corrected chi connectivity index (χ0v) is 23.5. The first-order valence-electron chi connectivity index (χ1n) is 13.8. The molecule has 2 aromatic rings. The fraction of sp³-hybridized carbons (Fsp3) is 0.552. The Hall–Kier alpha value is -2.69. The predicted octanol–water partition coefficient (Wildman–Crippen LogP) is 4.67. The molecule has 8 nitrogen and oxygen atoms in total. The molecule has 3 fully saturated rings. The molecule has 212 valence electrons. The van der Waals surface area contributed by atoms with Gasteiger partial charge in [-0.1, -0.05) is 12.1 Å². The lowest BCUT2D eigenvalue weighted by atomic mass is 9.93. The molecule has 3 aliphatic rings. The van der Waals surface area contributed by atoms with E-state index >= 15 is 0 Å². The number of piperidine rings is 1. The Bertz CT molecular complexity index is 1250. The van der Waals surface area contributed by atoms with Crippen LogP contribution in [0.3, 0.4) is 0 Å². The Morgan fingerprint density at radius 3 is 2.49 bits per heavy atom. The van der Waals surface area contributed by atoms with Crippen molar-refractivity contribution in [2.24, 2.45) is 5.92 Å². The molecule has 0 N–H and O–H groups in total. The minimum Gasteiger partial charge on any atom is -0.497 e. The van der Waals surface area contributed by atoms with Crippen molar-refractivity contribution in [3.8, 4) is 5.75 Å². The number of piperazine rings is 1. The minimum atomic E-state index is -4.00. The molecule has 0 bridgehead atoms. The number of nitrogens with zero attached hydrogens (tertiary/aromatic N) is 3. The van der Waals surface area contributed by atoms with E-state index in [4.69, 9.17) is 9.47 Å². The van der Waals surface area contributed by atoms with Gasteiger partial charge in [-0.25, -0.2) is 17.6 Å². The molecule has 2 saturated heterocycles. The summed E-state index contributed by atoms with van der Waals surface area (Å²) < 4.78 is 54.7. The van der Waals surface area contributed by atoms with Crippen molar-refractivity contribution in [2.45, 2.75) is 62.0 Å². The van der Waals surface area contributed by atoms with Gasteiger partial charge in [0.25, 0.3) is 0 Å². The molecule has 0 aromatic heterocycles. The summed E-state index contributed by atoms with van der Waals surface area (Å²) >= 11 is 0.